The normalized spacial score (nSPS) is 11.3. The maximum absolute atomic E-state index is 9.83. The molecule has 0 unspecified atom stereocenters. The summed E-state index contributed by atoms with van der Waals surface area (Å²) in [5, 5.41) is 12.6. The molecule has 0 saturated carbocycles. The summed E-state index contributed by atoms with van der Waals surface area (Å²) >= 11 is 9.73. The second-order valence-corrected chi connectivity index (χ2v) is 8.08. The van der Waals surface area contributed by atoms with Crippen LogP contribution in [0.25, 0.3) is 22.4 Å². The first-order valence-corrected chi connectivity index (χ1v) is 10.6. The first kappa shape index (κ1) is 20.2. The highest BCUT2D eigenvalue weighted by molar-refractivity contribution is 9.10. The van der Waals surface area contributed by atoms with Crippen LogP contribution in [-0.4, -0.2) is 0 Å². The van der Waals surface area contributed by atoms with Gasteiger partial charge in [0.25, 0.3) is 0 Å². The van der Waals surface area contributed by atoms with Crippen LogP contribution in [0.5, 0.6) is 5.75 Å². The number of fused-ring (bicyclic) bond motifs is 1. The van der Waals surface area contributed by atoms with E-state index >= 15 is 0 Å². The summed E-state index contributed by atoms with van der Waals surface area (Å²) in [6, 6.07) is 29.7. The van der Waals surface area contributed by atoms with Gasteiger partial charge in [0.05, 0.1) is 11.6 Å². The number of hydrogen-bond acceptors (Lipinski definition) is 2. The molecule has 146 valence electrons. The van der Waals surface area contributed by atoms with Crippen molar-refractivity contribution in [3.8, 4) is 11.8 Å². The van der Waals surface area contributed by atoms with E-state index in [1.165, 1.54) is 0 Å². The molecule has 0 aliphatic carbocycles. The Morgan fingerprint density at radius 2 is 1.67 bits per heavy atom. The lowest BCUT2D eigenvalue weighted by Crippen LogP contribution is -1.98. The first-order chi connectivity index (χ1) is 14.7. The fourth-order valence-electron chi connectivity index (χ4n) is 3.28. The van der Waals surface area contributed by atoms with Gasteiger partial charge in [-0.05, 0) is 46.7 Å². The zero-order valence-electron chi connectivity index (χ0n) is 16.0. The lowest BCUT2D eigenvalue weighted by atomic mass is 9.98. The largest absolute Gasteiger partial charge is 0.488 e. The van der Waals surface area contributed by atoms with Crippen LogP contribution in [0.15, 0.2) is 89.4 Å². The summed E-state index contributed by atoms with van der Waals surface area (Å²) in [4.78, 5) is 0. The molecule has 0 radical (unpaired) electrons. The summed E-state index contributed by atoms with van der Waals surface area (Å²) in [6.07, 6.45) is 1.90. The molecule has 2 nitrogen and oxygen atoms in total. The Bertz CT molecular complexity index is 1270. The van der Waals surface area contributed by atoms with Crippen molar-refractivity contribution in [2.24, 2.45) is 0 Å². The molecule has 0 spiro atoms. The van der Waals surface area contributed by atoms with Crippen molar-refractivity contribution < 1.29 is 4.74 Å². The Hall–Kier alpha value is -3.06. The Morgan fingerprint density at radius 3 is 2.43 bits per heavy atom. The number of allylic oxidation sites excluding steroid dienone is 1. The van der Waals surface area contributed by atoms with E-state index < -0.39 is 0 Å². The summed E-state index contributed by atoms with van der Waals surface area (Å²) in [5.74, 6) is 0.707. The van der Waals surface area contributed by atoms with Crippen molar-refractivity contribution in [3.05, 3.63) is 111 Å². The van der Waals surface area contributed by atoms with Crippen molar-refractivity contribution in [2.75, 3.05) is 0 Å². The van der Waals surface area contributed by atoms with E-state index in [2.05, 4.69) is 28.1 Å². The highest BCUT2D eigenvalue weighted by atomic mass is 79.9. The summed E-state index contributed by atoms with van der Waals surface area (Å²) < 4.78 is 7.14. The van der Waals surface area contributed by atoms with Gasteiger partial charge >= 0.3 is 0 Å². The molecule has 0 heterocycles. The van der Waals surface area contributed by atoms with E-state index in [1.54, 1.807) is 0 Å². The maximum atomic E-state index is 9.83. The van der Waals surface area contributed by atoms with Gasteiger partial charge in [-0.25, -0.2) is 0 Å². The highest BCUT2D eigenvalue weighted by Crippen LogP contribution is 2.33. The molecule has 0 amide bonds. The number of nitrogens with zero attached hydrogens (tertiary/aromatic N) is 1. The van der Waals surface area contributed by atoms with Gasteiger partial charge < -0.3 is 4.74 Å². The van der Waals surface area contributed by atoms with Gasteiger partial charge in [-0.1, -0.05) is 88.2 Å². The van der Waals surface area contributed by atoms with E-state index in [0.717, 1.165) is 31.9 Å². The van der Waals surface area contributed by atoms with E-state index in [-0.39, 0.29) is 0 Å². The molecule has 0 N–H and O–H groups in total. The molecule has 0 bridgehead atoms. The number of ether oxygens (including phenoxy) is 1. The van der Waals surface area contributed by atoms with Crippen molar-refractivity contribution in [3.63, 3.8) is 0 Å². The molecule has 0 aromatic heterocycles. The minimum atomic E-state index is 0.346. The zero-order valence-corrected chi connectivity index (χ0v) is 18.3. The number of rotatable bonds is 5. The van der Waals surface area contributed by atoms with Crippen LogP contribution in [0.2, 0.25) is 5.02 Å². The van der Waals surface area contributed by atoms with Crippen molar-refractivity contribution in [2.45, 2.75) is 6.61 Å². The number of halogens is 2. The van der Waals surface area contributed by atoms with Gasteiger partial charge in [0.2, 0.25) is 0 Å². The van der Waals surface area contributed by atoms with Gasteiger partial charge in [-0.3, -0.25) is 0 Å². The topological polar surface area (TPSA) is 33.0 Å². The molecule has 4 aromatic rings. The molecular weight excluding hydrogens is 458 g/mol. The quantitative estimate of drug-likeness (QED) is 0.217. The second kappa shape index (κ2) is 9.17. The third-order valence-electron chi connectivity index (χ3n) is 4.84. The Balaban J connectivity index is 1.80. The van der Waals surface area contributed by atoms with Gasteiger partial charge in [0, 0.05) is 20.6 Å². The predicted octanol–water partition coefficient (Wildman–Crippen LogP) is 7.90. The van der Waals surface area contributed by atoms with E-state index in [9.17, 15) is 5.26 Å². The van der Waals surface area contributed by atoms with Crippen molar-refractivity contribution in [1.29, 1.82) is 5.26 Å². The Morgan fingerprint density at radius 1 is 0.933 bits per heavy atom. The van der Waals surface area contributed by atoms with Crippen LogP contribution in [0, 0.1) is 11.3 Å². The zero-order chi connectivity index (χ0) is 20.9. The molecule has 0 aliphatic heterocycles. The van der Waals surface area contributed by atoms with E-state index in [4.69, 9.17) is 16.3 Å². The first-order valence-electron chi connectivity index (χ1n) is 9.41. The van der Waals surface area contributed by atoms with Gasteiger partial charge in [-0.15, -0.1) is 0 Å². The fraction of sp³-hybridized carbons (Fsp3) is 0.0385. The molecule has 0 saturated heterocycles. The Labute approximate surface area is 189 Å². The SMILES string of the molecule is N#C/C(=C\c1c(OCc2ccccc2Cl)ccc2ccccc12)c1ccc(Br)cc1. The highest BCUT2D eigenvalue weighted by Gasteiger charge is 2.11. The van der Waals surface area contributed by atoms with Crippen LogP contribution in [0.1, 0.15) is 16.7 Å². The van der Waals surface area contributed by atoms with Crippen LogP contribution in [0.4, 0.5) is 0 Å². The molecular formula is C26H17BrClNO. The van der Waals surface area contributed by atoms with Crippen LogP contribution < -0.4 is 4.74 Å². The fourth-order valence-corrected chi connectivity index (χ4v) is 3.73. The summed E-state index contributed by atoms with van der Waals surface area (Å²) in [5.41, 5.74) is 3.21. The van der Waals surface area contributed by atoms with Crippen LogP contribution in [-0.2, 0) is 6.61 Å². The van der Waals surface area contributed by atoms with Crippen molar-refractivity contribution in [1.82, 2.24) is 0 Å². The lowest BCUT2D eigenvalue weighted by Gasteiger charge is -2.13. The Kier molecular flexibility index (Phi) is 6.18. The third kappa shape index (κ3) is 4.41. The smallest absolute Gasteiger partial charge is 0.127 e. The second-order valence-electron chi connectivity index (χ2n) is 6.76. The minimum Gasteiger partial charge on any atom is -0.488 e. The average molecular weight is 475 g/mol. The predicted molar refractivity (Wildman–Crippen MR) is 127 cm³/mol. The van der Waals surface area contributed by atoms with Crippen LogP contribution >= 0.6 is 27.5 Å². The molecule has 4 heteroatoms. The standard InChI is InChI=1S/C26H17BrClNO/c27-22-12-9-18(10-13-22)21(16-29)15-24-23-7-3-1-5-19(23)11-14-26(24)30-17-20-6-2-4-8-25(20)28/h1-15H,17H2/b21-15+. The van der Waals surface area contributed by atoms with E-state index in [0.29, 0.717) is 23.0 Å². The lowest BCUT2D eigenvalue weighted by molar-refractivity contribution is 0.306. The molecule has 0 atom stereocenters. The number of benzene rings is 4. The molecule has 4 aromatic carbocycles. The van der Waals surface area contributed by atoms with E-state index in [1.807, 2.05) is 84.9 Å². The average Bonchev–Trinajstić information content (AvgIpc) is 2.78. The number of nitriles is 1. The maximum Gasteiger partial charge on any atom is 0.127 e. The number of hydrogen-bond donors (Lipinski definition) is 0. The summed E-state index contributed by atoms with van der Waals surface area (Å²) in [6.45, 7) is 0.346. The molecule has 0 fully saturated rings. The molecule has 0 aliphatic rings. The van der Waals surface area contributed by atoms with Crippen molar-refractivity contribution >= 4 is 50.0 Å². The minimum absolute atomic E-state index is 0.346. The summed E-state index contributed by atoms with van der Waals surface area (Å²) in [7, 11) is 0. The molecule has 4 rings (SSSR count). The molecule has 30 heavy (non-hydrogen) atoms. The third-order valence-corrected chi connectivity index (χ3v) is 5.73. The monoisotopic (exact) mass is 473 g/mol. The van der Waals surface area contributed by atoms with Gasteiger partial charge in [-0.2, -0.15) is 5.26 Å². The van der Waals surface area contributed by atoms with Gasteiger partial charge in [0.15, 0.2) is 0 Å². The van der Waals surface area contributed by atoms with Crippen LogP contribution in [0.3, 0.4) is 0 Å². The van der Waals surface area contributed by atoms with Gasteiger partial charge in [0.1, 0.15) is 12.4 Å².